The molecule has 1 aliphatic rings. The number of hydrogen-bond donors (Lipinski definition) is 1. The van der Waals surface area contributed by atoms with Crippen LogP contribution in [0.2, 0.25) is 0 Å². The van der Waals surface area contributed by atoms with Crippen molar-refractivity contribution in [2.24, 2.45) is 0 Å². The fourth-order valence-corrected chi connectivity index (χ4v) is 3.54. The quantitative estimate of drug-likeness (QED) is 0.747. The number of anilines is 2. The predicted molar refractivity (Wildman–Crippen MR) is 108 cm³/mol. The molecule has 138 valence electrons. The van der Waals surface area contributed by atoms with Crippen LogP contribution in [0.4, 0.5) is 11.4 Å². The minimum Gasteiger partial charge on any atom is -0.370 e. The molecule has 0 saturated carbocycles. The lowest BCUT2D eigenvalue weighted by Gasteiger charge is -2.30. The zero-order chi connectivity index (χ0) is 18.5. The molecule has 1 N–H and O–H groups in total. The van der Waals surface area contributed by atoms with Crippen molar-refractivity contribution >= 4 is 17.3 Å². The third-order valence-corrected chi connectivity index (χ3v) is 4.90. The minimum absolute atomic E-state index is 0.0212. The fraction of sp³-hybridized carbons (Fsp3) is 0.273. The van der Waals surface area contributed by atoms with Crippen LogP contribution in [0.25, 0.3) is 5.69 Å². The van der Waals surface area contributed by atoms with Crippen LogP contribution in [0.15, 0.2) is 67.0 Å². The zero-order valence-electron chi connectivity index (χ0n) is 15.3. The highest BCUT2D eigenvalue weighted by atomic mass is 16.1. The molecule has 3 aromatic rings. The summed E-state index contributed by atoms with van der Waals surface area (Å²) in [7, 11) is 0. The van der Waals surface area contributed by atoms with Crippen LogP contribution in [0, 0.1) is 0 Å². The van der Waals surface area contributed by atoms with Gasteiger partial charge in [-0.1, -0.05) is 30.3 Å². The van der Waals surface area contributed by atoms with Crippen molar-refractivity contribution in [2.75, 3.05) is 23.3 Å². The maximum Gasteiger partial charge on any atom is 0.228 e. The molecule has 1 amide bonds. The van der Waals surface area contributed by atoms with Gasteiger partial charge in [0.05, 0.1) is 29.7 Å². The zero-order valence-corrected chi connectivity index (χ0v) is 15.3. The Bertz CT molecular complexity index is 897. The Kier molecular flexibility index (Phi) is 5.19. The van der Waals surface area contributed by atoms with Crippen molar-refractivity contribution in [1.82, 2.24) is 9.78 Å². The van der Waals surface area contributed by atoms with Crippen LogP contribution in [-0.2, 0) is 11.2 Å². The highest BCUT2D eigenvalue weighted by Crippen LogP contribution is 2.28. The monoisotopic (exact) mass is 360 g/mol. The molecular formula is C22H24N4O. The lowest BCUT2D eigenvalue weighted by atomic mass is 10.1. The summed E-state index contributed by atoms with van der Waals surface area (Å²) in [5, 5.41) is 7.45. The molecule has 0 spiro atoms. The van der Waals surface area contributed by atoms with E-state index in [9.17, 15) is 4.79 Å². The third-order valence-electron chi connectivity index (χ3n) is 4.90. The van der Waals surface area contributed by atoms with E-state index in [0.717, 1.165) is 35.7 Å². The molecule has 5 heteroatoms. The Morgan fingerprint density at radius 2 is 1.70 bits per heavy atom. The van der Waals surface area contributed by atoms with E-state index in [1.807, 2.05) is 54.7 Å². The summed E-state index contributed by atoms with van der Waals surface area (Å²) in [6.45, 7) is 2.10. The number of para-hydroxylation sites is 3. The van der Waals surface area contributed by atoms with Gasteiger partial charge in [-0.15, -0.1) is 0 Å². The summed E-state index contributed by atoms with van der Waals surface area (Å²) in [4.78, 5) is 15.0. The lowest BCUT2D eigenvalue weighted by Crippen LogP contribution is -2.30. The maximum atomic E-state index is 12.6. The van der Waals surface area contributed by atoms with E-state index in [0.29, 0.717) is 6.42 Å². The molecule has 27 heavy (non-hydrogen) atoms. The van der Waals surface area contributed by atoms with Crippen molar-refractivity contribution in [1.29, 1.82) is 0 Å². The van der Waals surface area contributed by atoms with Crippen LogP contribution >= 0.6 is 0 Å². The van der Waals surface area contributed by atoms with Crippen LogP contribution < -0.4 is 10.2 Å². The number of carbonyl (C=O) groups excluding carboxylic acids is 1. The first-order valence-corrected chi connectivity index (χ1v) is 9.52. The average molecular weight is 360 g/mol. The van der Waals surface area contributed by atoms with Crippen molar-refractivity contribution in [3.63, 3.8) is 0 Å². The van der Waals surface area contributed by atoms with Gasteiger partial charge in [0.1, 0.15) is 0 Å². The first-order chi connectivity index (χ1) is 13.3. The van der Waals surface area contributed by atoms with Gasteiger partial charge >= 0.3 is 0 Å². The number of carbonyl (C=O) groups is 1. The van der Waals surface area contributed by atoms with Gasteiger partial charge in [-0.3, -0.25) is 4.79 Å². The van der Waals surface area contributed by atoms with E-state index in [1.165, 1.54) is 19.3 Å². The molecule has 0 bridgehead atoms. The molecule has 4 rings (SSSR count). The average Bonchev–Trinajstić information content (AvgIpc) is 3.18. The minimum atomic E-state index is -0.0212. The van der Waals surface area contributed by atoms with E-state index in [-0.39, 0.29) is 5.91 Å². The van der Waals surface area contributed by atoms with Crippen LogP contribution in [0.1, 0.15) is 24.8 Å². The van der Waals surface area contributed by atoms with E-state index < -0.39 is 0 Å². The molecule has 1 aromatic heterocycles. The second-order valence-corrected chi connectivity index (χ2v) is 6.92. The molecule has 0 aliphatic carbocycles. The van der Waals surface area contributed by atoms with Gasteiger partial charge in [0.15, 0.2) is 0 Å². The van der Waals surface area contributed by atoms with Crippen LogP contribution in [0.5, 0.6) is 0 Å². The Labute approximate surface area is 159 Å². The van der Waals surface area contributed by atoms with Crippen LogP contribution in [0.3, 0.4) is 0 Å². The van der Waals surface area contributed by atoms with Crippen molar-refractivity contribution in [3.8, 4) is 5.69 Å². The summed E-state index contributed by atoms with van der Waals surface area (Å²) in [6, 6.07) is 18.0. The maximum absolute atomic E-state index is 12.6. The Morgan fingerprint density at radius 3 is 2.52 bits per heavy atom. The highest BCUT2D eigenvalue weighted by Gasteiger charge is 2.16. The second kappa shape index (κ2) is 8.08. The normalized spacial score (nSPS) is 14.1. The second-order valence-electron chi connectivity index (χ2n) is 6.92. The Hall–Kier alpha value is -3.08. The smallest absolute Gasteiger partial charge is 0.228 e. The van der Waals surface area contributed by atoms with Gasteiger partial charge in [-0.05, 0) is 49.1 Å². The number of amides is 1. The summed E-state index contributed by atoms with van der Waals surface area (Å²) >= 11 is 0. The van der Waals surface area contributed by atoms with E-state index >= 15 is 0 Å². The van der Waals surface area contributed by atoms with Crippen molar-refractivity contribution in [2.45, 2.75) is 25.7 Å². The number of hydrogen-bond acceptors (Lipinski definition) is 3. The molecule has 0 atom stereocenters. The molecular weight excluding hydrogens is 336 g/mol. The summed E-state index contributed by atoms with van der Waals surface area (Å²) in [6.07, 6.45) is 7.67. The Morgan fingerprint density at radius 1 is 0.963 bits per heavy atom. The summed E-state index contributed by atoms with van der Waals surface area (Å²) in [5.41, 5.74) is 3.89. The summed E-state index contributed by atoms with van der Waals surface area (Å²) in [5.74, 6) is -0.0212. The van der Waals surface area contributed by atoms with Gasteiger partial charge in [0.2, 0.25) is 5.91 Å². The van der Waals surface area contributed by atoms with Gasteiger partial charge in [-0.25, -0.2) is 4.68 Å². The van der Waals surface area contributed by atoms with E-state index in [4.69, 9.17) is 0 Å². The first kappa shape index (κ1) is 17.3. The SMILES string of the molecule is O=C(Cc1cnn(-c2ccccc2)c1)Nc1ccccc1N1CCCCC1. The lowest BCUT2D eigenvalue weighted by molar-refractivity contribution is -0.115. The standard InChI is InChI=1S/C22H24N4O/c27-22(15-18-16-23-26(17-18)19-9-3-1-4-10-19)24-20-11-5-6-12-21(20)25-13-7-2-8-14-25/h1,3-6,9-12,16-17H,2,7-8,13-15H2,(H,24,27). The number of aromatic nitrogens is 2. The summed E-state index contributed by atoms with van der Waals surface area (Å²) < 4.78 is 1.80. The number of nitrogens with one attached hydrogen (secondary N) is 1. The Balaban J connectivity index is 1.44. The number of rotatable bonds is 5. The molecule has 1 saturated heterocycles. The molecule has 2 heterocycles. The molecule has 1 aliphatic heterocycles. The topological polar surface area (TPSA) is 50.2 Å². The van der Waals surface area contributed by atoms with Crippen LogP contribution in [-0.4, -0.2) is 28.8 Å². The third kappa shape index (κ3) is 4.19. The molecule has 0 radical (unpaired) electrons. The van der Waals surface area contributed by atoms with E-state index in [2.05, 4.69) is 21.4 Å². The number of piperidine rings is 1. The fourth-order valence-electron chi connectivity index (χ4n) is 3.54. The molecule has 5 nitrogen and oxygen atoms in total. The number of benzene rings is 2. The van der Waals surface area contributed by atoms with Crippen molar-refractivity contribution in [3.05, 3.63) is 72.6 Å². The van der Waals surface area contributed by atoms with Gasteiger partial charge in [0.25, 0.3) is 0 Å². The van der Waals surface area contributed by atoms with Gasteiger partial charge < -0.3 is 10.2 Å². The van der Waals surface area contributed by atoms with E-state index in [1.54, 1.807) is 10.9 Å². The molecule has 0 unspecified atom stereocenters. The van der Waals surface area contributed by atoms with Gasteiger partial charge in [-0.2, -0.15) is 5.10 Å². The first-order valence-electron chi connectivity index (χ1n) is 9.52. The van der Waals surface area contributed by atoms with Gasteiger partial charge in [0, 0.05) is 19.3 Å². The van der Waals surface area contributed by atoms with Crippen molar-refractivity contribution < 1.29 is 4.79 Å². The molecule has 2 aromatic carbocycles. The predicted octanol–water partition coefficient (Wildman–Crippen LogP) is 4.04. The largest absolute Gasteiger partial charge is 0.370 e. The molecule has 1 fully saturated rings. The highest BCUT2D eigenvalue weighted by molar-refractivity contribution is 5.95. The number of nitrogens with zero attached hydrogens (tertiary/aromatic N) is 3.